The normalized spacial score (nSPS) is 17.9. The fourth-order valence-corrected chi connectivity index (χ4v) is 3.84. The average Bonchev–Trinajstić information content (AvgIpc) is 2.86. The van der Waals surface area contributed by atoms with Crippen LogP contribution in [0.3, 0.4) is 0 Å². The van der Waals surface area contributed by atoms with Gasteiger partial charge in [0.1, 0.15) is 29.7 Å². The number of nitrogens with one attached hydrogen (secondary N) is 2. The Labute approximate surface area is 214 Å². The van der Waals surface area contributed by atoms with Gasteiger partial charge in [-0.15, -0.1) is 0 Å². The first-order valence-corrected chi connectivity index (χ1v) is 12.0. The molecule has 2 N–H and O–H groups in total. The lowest BCUT2D eigenvalue weighted by molar-refractivity contribution is -0.384. The topological polar surface area (TPSA) is 146 Å². The summed E-state index contributed by atoms with van der Waals surface area (Å²) in [6.07, 6.45) is 0.943. The number of amides is 2. The van der Waals surface area contributed by atoms with Gasteiger partial charge in [0.25, 0.3) is 5.69 Å². The van der Waals surface area contributed by atoms with Crippen LogP contribution < -0.4 is 20.1 Å². The van der Waals surface area contributed by atoms with Crippen LogP contribution in [-0.4, -0.2) is 54.6 Å². The van der Waals surface area contributed by atoms with Gasteiger partial charge in [-0.2, -0.15) is 0 Å². The van der Waals surface area contributed by atoms with Crippen LogP contribution in [0.4, 0.5) is 5.69 Å². The first-order valence-electron chi connectivity index (χ1n) is 12.0. The van der Waals surface area contributed by atoms with Gasteiger partial charge in [0.2, 0.25) is 11.8 Å². The Morgan fingerprint density at radius 3 is 2.22 bits per heavy atom. The fourth-order valence-electron chi connectivity index (χ4n) is 3.84. The van der Waals surface area contributed by atoms with Crippen molar-refractivity contribution < 1.29 is 33.5 Å². The third kappa shape index (κ3) is 7.66. The zero-order valence-corrected chi connectivity index (χ0v) is 21.0. The summed E-state index contributed by atoms with van der Waals surface area (Å²) in [7, 11) is 1.56. The molecule has 37 heavy (non-hydrogen) atoms. The third-order valence-corrected chi connectivity index (χ3v) is 6.05. The molecule has 1 saturated carbocycles. The number of benzene rings is 2. The van der Waals surface area contributed by atoms with E-state index in [4.69, 9.17) is 14.2 Å². The summed E-state index contributed by atoms with van der Waals surface area (Å²) in [6.45, 7) is 3.40. The molecule has 1 aliphatic carbocycles. The standard InChI is InChI=1S/C26H31N3O8/c1-4-36-26(32)23(13-17-5-9-20(35-3)10-6-17)28-24(30)16(2)27-25(31)18-14-22(15-18)37-21-11-7-19(8-12-21)29(33)34/h5-12,16,18,22-23H,4,13-15H2,1-3H3,(H,27,31)(H,28,30)/t16-,18-,22-,23+/m1/s1. The van der Waals surface area contributed by atoms with Gasteiger partial charge in [0.05, 0.1) is 18.6 Å². The van der Waals surface area contributed by atoms with Crippen molar-refractivity contribution in [1.29, 1.82) is 0 Å². The Hall–Kier alpha value is -4.15. The number of methoxy groups -OCH3 is 1. The molecule has 11 heteroatoms. The summed E-state index contributed by atoms with van der Waals surface area (Å²) in [5, 5.41) is 16.1. The summed E-state index contributed by atoms with van der Waals surface area (Å²) in [4.78, 5) is 48.1. The quantitative estimate of drug-likeness (QED) is 0.250. The summed E-state index contributed by atoms with van der Waals surface area (Å²) >= 11 is 0. The number of hydrogen-bond acceptors (Lipinski definition) is 8. The van der Waals surface area contributed by atoms with E-state index in [1.54, 1.807) is 45.2 Å². The van der Waals surface area contributed by atoms with Gasteiger partial charge in [-0.25, -0.2) is 4.79 Å². The molecule has 0 radical (unpaired) electrons. The van der Waals surface area contributed by atoms with Crippen LogP contribution in [0.2, 0.25) is 0 Å². The van der Waals surface area contributed by atoms with E-state index in [2.05, 4.69) is 10.6 Å². The summed E-state index contributed by atoms with van der Waals surface area (Å²) in [5.74, 6) is -0.502. The van der Waals surface area contributed by atoms with Gasteiger partial charge in [-0.05, 0) is 56.5 Å². The van der Waals surface area contributed by atoms with Crippen molar-refractivity contribution in [2.45, 2.75) is 51.3 Å². The minimum Gasteiger partial charge on any atom is -0.497 e. The molecule has 2 aromatic rings. The number of esters is 1. The highest BCUT2D eigenvalue weighted by Crippen LogP contribution is 2.32. The molecule has 2 aromatic carbocycles. The van der Waals surface area contributed by atoms with E-state index in [9.17, 15) is 24.5 Å². The number of nitro benzene ring substituents is 1. The number of ether oxygens (including phenoxy) is 3. The van der Waals surface area contributed by atoms with Crippen molar-refractivity contribution in [2.75, 3.05) is 13.7 Å². The van der Waals surface area contributed by atoms with E-state index in [0.29, 0.717) is 24.3 Å². The Morgan fingerprint density at radius 2 is 1.65 bits per heavy atom. The first-order chi connectivity index (χ1) is 17.7. The molecular formula is C26H31N3O8. The Morgan fingerprint density at radius 1 is 1.03 bits per heavy atom. The fraction of sp³-hybridized carbons (Fsp3) is 0.423. The Balaban J connectivity index is 1.48. The second-order valence-electron chi connectivity index (χ2n) is 8.75. The van der Waals surface area contributed by atoms with Crippen molar-refractivity contribution in [3.05, 3.63) is 64.2 Å². The smallest absolute Gasteiger partial charge is 0.328 e. The van der Waals surface area contributed by atoms with Crippen LogP contribution in [0.15, 0.2) is 48.5 Å². The number of hydrogen-bond donors (Lipinski definition) is 2. The van der Waals surface area contributed by atoms with Crippen molar-refractivity contribution in [2.24, 2.45) is 5.92 Å². The Bertz CT molecular complexity index is 1100. The summed E-state index contributed by atoms with van der Waals surface area (Å²) in [6, 6.07) is 11.1. The molecule has 0 aromatic heterocycles. The highest BCUT2D eigenvalue weighted by molar-refractivity contribution is 5.91. The van der Waals surface area contributed by atoms with Gasteiger partial charge in [-0.1, -0.05) is 12.1 Å². The van der Waals surface area contributed by atoms with Crippen LogP contribution in [0, 0.1) is 16.0 Å². The monoisotopic (exact) mass is 513 g/mol. The second kappa shape index (κ2) is 12.7. The Kier molecular flexibility index (Phi) is 9.42. The molecule has 3 rings (SSSR count). The molecule has 1 aliphatic rings. The van der Waals surface area contributed by atoms with E-state index in [-0.39, 0.29) is 36.6 Å². The number of rotatable bonds is 12. The number of non-ortho nitro benzene ring substituents is 1. The number of carbonyl (C=O) groups is 3. The van der Waals surface area contributed by atoms with Gasteiger partial charge >= 0.3 is 5.97 Å². The van der Waals surface area contributed by atoms with Crippen LogP contribution in [0.5, 0.6) is 11.5 Å². The minimum atomic E-state index is -0.914. The largest absolute Gasteiger partial charge is 0.497 e. The molecule has 2 amide bonds. The molecule has 0 heterocycles. The zero-order chi connectivity index (χ0) is 26.9. The number of carbonyl (C=O) groups excluding carboxylic acids is 3. The maximum atomic E-state index is 12.8. The van der Waals surface area contributed by atoms with Gasteiger partial charge in [0.15, 0.2) is 0 Å². The molecular weight excluding hydrogens is 482 g/mol. The molecule has 0 saturated heterocycles. The average molecular weight is 514 g/mol. The van der Waals surface area contributed by atoms with Crippen LogP contribution in [0.1, 0.15) is 32.3 Å². The highest BCUT2D eigenvalue weighted by Gasteiger charge is 2.37. The second-order valence-corrected chi connectivity index (χ2v) is 8.75. The molecule has 1 fully saturated rings. The van der Waals surface area contributed by atoms with E-state index < -0.39 is 28.9 Å². The van der Waals surface area contributed by atoms with Crippen LogP contribution >= 0.6 is 0 Å². The van der Waals surface area contributed by atoms with E-state index in [1.807, 2.05) is 0 Å². The highest BCUT2D eigenvalue weighted by atomic mass is 16.6. The first kappa shape index (κ1) is 27.4. The molecule has 0 spiro atoms. The minimum absolute atomic E-state index is 0.0281. The van der Waals surface area contributed by atoms with Gasteiger partial charge in [0, 0.05) is 24.5 Å². The predicted molar refractivity (Wildman–Crippen MR) is 133 cm³/mol. The van der Waals surface area contributed by atoms with Crippen molar-refractivity contribution in [3.8, 4) is 11.5 Å². The van der Waals surface area contributed by atoms with Crippen molar-refractivity contribution in [3.63, 3.8) is 0 Å². The predicted octanol–water partition coefficient (Wildman–Crippen LogP) is 2.56. The summed E-state index contributed by atoms with van der Waals surface area (Å²) in [5.41, 5.74) is 0.782. The lowest BCUT2D eigenvalue weighted by Crippen LogP contribution is -2.53. The van der Waals surface area contributed by atoms with Crippen molar-refractivity contribution >= 4 is 23.5 Å². The lowest BCUT2D eigenvalue weighted by Gasteiger charge is -2.34. The number of nitrogens with zero attached hydrogens (tertiary/aromatic N) is 1. The molecule has 0 aliphatic heterocycles. The SMILES string of the molecule is CCOC(=O)[C@H](Cc1ccc(OC)cc1)NC(=O)[C@@H](C)NC(=O)[C@H]1C[C@H](Oc2ccc([N+](=O)[O-])cc2)C1. The molecule has 11 nitrogen and oxygen atoms in total. The van der Waals surface area contributed by atoms with Crippen LogP contribution in [-0.2, 0) is 25.5 Å². The zero-order valence-electron chi connectivity index (χ0n) is 21.0. The maximum absolute atomic E-state index is 12.8. The van der Waals surface area contributed by atoms with Crippen LogP contribution in [0.25, 0.3) is 0 Å². The molecule has 0 bridgehead atoms. The molecule has 2 atom stereocenters. The van der Waals surface area contributed by atoms with E-state index in [1.165, 1.54) is 24.3 Å². The van der Waals surface area contributed by atoms with Gasteiger partial charge in [-0.3, -0.25) is 19.7 Å². The lowest BCUT2D eigenvalue weighted by atomic mass is 9.81. The summed E-state index contributed by atoms with van der Waals surface area (Å²) < 4.78 is 16.0. The van der Waals surface area contributed by atoms with E-state index in [0.717, 1.165) is 5.56 Å². The van der Waals surface area contributed by atoms with E-state index >= 15 is 0 Å². The van der Waals surface area contributed by atoms with Gasteiger partial charge < -0.3 is 24.8 Å². The number of nitro groups is 1. The van der Waals surface area contributed by atoms with Crippen molar-refractivity contribution in [1.82, 2.24) is 10.6 Å². The maximum Gasteiger partial charge on any atom is 0.328 e. The third-order valence-electron chi connectivity index (χ3n) is 6.05. The molecule has 0 unspecified atom stereocenters. The molecule has 198 valence electrons.